The summed E-state index contributed by atoms with van der Waals surface area (Å²) in [7, 11) is 0. The van der Waals surface area contributed by atoms with Crippen molar-refractivity contribution in [3.8, 4) is 0 Å². The van der Waals surface area contributed by atoms with Crippen molar-refractivity contribution in [2.75, 3.05) is 0 Å². The SMILES string of the molecule is Cc1ccc(C(Cl)CCCC(=O)O)c(C)c1. The molecular formula is C13H17ClO2. The van der Waals surface area contributed by atoms with E-state index in [2.05, 4.69) is 6.07 Å². The third kappa shape index (κ3) is 3.86. The van der Waals surface area contributed by atoms with Crippen molar-refractivity contribution >= 4 is 17.6 Å². The fourth-order valence-corrected chi connectivity index (χ4v) is 2.16. The standard InChI is InChI=1S/C13H17ClO2/c1-9-6-7-11(10(2)8-9)12(14)4-3-5-13(15)16/h6-8,12H,3-5H2,1-2H3,(H,15,16). The van der Waals surface area contributed by atoms with Crippen molar-refractivity contribution in [2.45, 2.75) is 38.5 Å². The quantitative estimate of drug-likeness (QED) is 0.794. The Hall–Kier alpha value is -1.02. The normalized spacial score (nSPS) is 12.4. The molecule has 1 N–H and O–H groups in total. The molecule has 0 saturated heterocycles. The highest BCUT2D eigenvalue weighted by molar-refractivity contribution is 6.20. The monoisotopic (exact) mass is 240 g/mol. The van der Waals surface area contributed by atoms with Crippen LogP contribution in [0.1, 0.15) is 41.3 Å². The summed E-state index contributed by atoms with van der Waals surface area (Å²) in [5.41, 5.74) is 3.50. The fourth-order valence-electron chi connectivity index (χ4n) is 1.77. The van der Waals surface area contributed by atoms with Gasteiger partial charge >= 0.3 is 5.97 Å². The van der Waals surface area contributed by atoms with Crippen LogP contribution in [0.2, 0.25) is 0 Å². The molecule has 0 radical (unpaired) electrons. The maximum absolute atomic E-state index is 10.4. The molecule has 0 heterocycles. The predicted octanol–water partition coefficient (Wildman–Crippen LogP) is 3.84. The smallest absolute Gasteiger partial charge is 0.303 e. The van der Waals surface area contributed by atoms with Crippen LogP contribution in [-0.2, 0) is 4.79 Å². The van der Waals surface area contributed by atoms with Gasteiger partial charge in [-0.3, -0.25) is 4.79 Å². The largest absolute Gasteiger partial charge is 0.481 e. The number of aryl methyl sites for hydroxylation is 2. The topological polar surface area (TPSA) is 37.3 Å². The number of carboxylic acid groups (broad SMARTS) is 1. The van der Waals surface area contributed by atoms with Crippen LogP contribution in [-0.4, -0.2) is 11.1 Å². The minimum atomic E-state index is -0.760. The molecule has 0 bridgehead atoms. The van der Waals surface area contributed by atoms with E-state index in [1.165, 1.54) is 11.1 Å². The number of benzene rings is 1. The number of hydrogen-bond acceptors (Lipinski definition) is 1. The van der Waals surface area contributed by atoms with Gasteiger partial charge in [0.25, 0.3) is 0 Å². The van der Waals surface area contributed by atoms with Gasteiger partial charge in [0.05, 0.1) is 5.38 Å². The van der Waals surface area contributed by atoms with Crippen LogP contribution in [0, 0.1) is 13.8 Å². The fraction of sp³-hybridized carbons (Fsp3) is 0.462. The van der Waals surface area contributed by atoms with Crippen LogP contribution in [0.3, 0.4) is 0 Å². The van der Waals surface area contributed by atoms with Crippen LogP contribution < -0.4 is 0 Å². The van der Waals surface area contributed by atoms with Gasteiger partial charge in [-0.1, -0.05) is 23.8 Å². The number of carboxylic acids is 1. The van der Waals surface area contributed by atoms with Crippen LogP contribution >= 0.6 is 11.6 Å². The van der Waals surface area contributed by atoms with Crippen molar-refractivity contribution in [1.29, 1.82) is 0 Å². The molecule has 0 fully saturated rings. The van der Waals surface area contributed by atoms with E-state index < -0.39 is 5.97 Å². The van der Waals surface area contributed by atoms with Gasteiger partial charge in [0.15, 0.2) is 0 Å². The number of alkyl halides is 1. The van der Waals surface area contributed by atoms with Gasteiger partial charge in [-0.25, -0.2) is 0 Å². The first-order valence-electron chi connectivity index (χ1n) is 5.43. The zero-order valence-electron chi connectivity index (χ0n) is 9.66. The summed E-state index contributed by atoms with van der Waals surface area (Å²) in [5.74, 6) is -0.760. The predicted molar refractivity (Wildman–Crippen MR) is 66.0 cm³/mol. The molecule has 0 saturated carbocycles. The molecule has 88 valence electrons. The molecule has 16 heavy (non-hydrogen) atoms. The molecule has 0 aliphatic carbocycles. The van der Waals surface area contributed by atoms with Crippen LogP contribution in [0.5, 0.6) is 0 Å². The van der Waals surface area contributed by atoms with Crippen LogP contribution in [0.25, 0.3) is 0 Å². The van der Waals surface area contributed by atoms with Crippen LogP contribution in [0.4, 0.5) is 0 Å². The van der Waals surface area contributed by atoms with Gasteiger partial charge in [0.1, 0.15) is 0 Å². The zero-order chi connectivity index (χ0) is 12.1. The molecule has 1 aromatic rings. The first-order valence-corrected chi connectivity index (χ1v) is 5.87. The van der Waals surface area contributed by atoms with Crippen molar-refractivity contribution in [3.63, 3.8) is 0 Å². The summed E-state index contributed by atoms with van der Waals surface area (Å²) in [4.78, 5) is 10.4. The molecule has 1 rings (SSSR count). The van der Waals surface area contributed by atoms with Gasteiger partial charge < -0.3 is 5.11 Å². The molecule has 0 aliphatic heterocycles. The van der Waals surface area contributed by atoms with Crippen molar-refractivity contribution in [1.82, 2.24) is 0 Å². The van der Waals surface area contributed by atoms with Crippen LogP contribution in [0.15, 0.2) is 18.2 Å². The highest BCUT2D eigenvalue weighted by Crippen LogP contribution is 2.29. The molecule has 3 heteroatoms. The van der Waals surface area contributed by atoms with E-state index in [0.29, 0.717) is 12.8 Å². The Morgan fingerprint density at radius 1 is 1.44 bits per heavy atom. The molecule has 2 nitrogen and oxygen atoms in total. The van der Waals surface area contributed by atoms with Crippen molar-refractivity contribution < 1.29 is 9.90 Å². The number of aliphatic carboxylic acids is 1. The lowest BCUT2D eigenvalue weighted by molar-refractivity contribution is -0.137. The average molecular weight is 241 g/mol. The summed E-state index contributed by atoms with van der Waals surface area (Å²) in [6, 6.07) is 6.17. The van der Waals surface area contributed by atoms with Gasteiger partial charge in [0, 0.05) is 6.42 Å². The average Bonchev–Trinajstić information content (AvgIpc) is 2.16. The highest BCUT2D eigenvalue weighted by atomic mass is 35.5. The van der Waals surface area contributed by atoms with E-state index in [-0.39, 0.29) is 11.8 Å². The van der Waals surface area contributed by atoms with E-state index in [4.69, 9.17) is 16.7 Å². The summed E-state index contributed by atoms with van der Waals surface area (Å²) in [6.07, 6.45) is 1.52. The maximum atomic E-state index is 10.4. The number of halogens is 1. The van der Waals surface area contributed by atoms with Gasteiger partial charge in [-0.05, 0) is 37.8 Å². The third-order valence-corrected chi connectivity index (χ3v) is 3.06. The van der Waals surface area contributed by atoms with Gasteiger partial charge in [-0.2, -0.15) is 0 Å². The number of carbonyl (C=O) groups is 1. The van der Waals surface area contributed by atoms with E-state index >= 15 is 0 Å². The lowest BCUT2D eigenvalue weighted by Gasteiger charge is -2.12. The van der Waals surface area contributed by atoms with E-state index in [1.54, 1.807) is 0 Å². The third-order valence-electron chi connectivity index (χ3n) is 2.61. The zero-order valence-corrected chi connectivity index (χ0v) is 10.4. The molecule has 1 atom stereocenters. The first kappa shape index (κ1) is 13.0. The molecule has 0 amide bonds. The second-order valence-electron chi connectivity index (χ2n) is 4.11. The van der Waals surface area contributed by atoms with Gasteiger partial charge in [0.2, 0.25) is 0 Å². The summed E-state index contributed by atoms with van der Waals surface area (Å²) in [6.45, 7) is 4.08. The van der Waals surface area contributed by atoms with E-state index in [9.17, 15) is 4.79 Å². The Balaban J connectivity index is 2.58. The lowest BCUT2D eigenvalue weighted by Crippen LogP contribution is -1.98. The highest BCUT2D eigenvalue weighted by Gasteiger charge is 2.11. The Morgan fingerprint density at radius 2 is 2.12 bits per heavy atom. The Morgan fingerprint density at radius 3 is 2.69 bits per heavy atom. The van der Waals surface area contributed by atoms with Crippen molar-refractivity contribution in [2.24, 2.45) is 0 Å². The minimum absolute atomic E-state index is 0.0834. The summed E-state index contributed by atoms with van der Waals surface area (Å²) < 4.78 is 0. The van der Waals surface area contributed by atoms with Crippen molar-refractivity contribution in [3.05, 3.63) is 34.9 Å². The number of hydrogen-bond donors (Lipinski definition) is 1. The maximum Gasteiger partial charge on any atom is 0.303 e. The lowest BCUT2D eigenvalue weighted by atomic mass is 10.00. The molecule has 1 aromatic carbocycles. The van der Waals surface area contributed by atoms with E-state index in [0.717, 1.165) is 5.56 Å². The first-order chi connectivity index (χ1) is 7.50. The Labute approximate surface area is 101 Å². The van der Waals surface area contributed by atoms with Gasteiger partial charge in [-0.15, -0.1) is 11.6 Å². The second-order valence-corrected chi connectivity index (χ2v) is 4.64. The summed E-state index contributed by atoms with van der Waals surface area (Å²) in [5, 5.41) is 8.46. The minimum Gasteiger partial charge on any atom is -0.481 e. The Bertz CT molecular complexity index is 374. The molecular weight excluding hydrogens is 224 g/mol. The van der Waals surface area contributed by atoms with E-state index in [1.807, 2.05) is 26.0 Å². The molecule has 0 aliphatic rings. The number of rotatable bonds is 5. The Kier molecular flexibility index (Phi) is 4.81. The molecule has 1 unspecified atom stereocenters. The second kappa shape index (κ2) is 5.90. The molecule has 0 aromatic heterocycles. The molecule has 0 spiro atoms. The summed E-state index contributed by atoms with van der Waals surface area (Å²) >= 11 is 6.25.